The van der Waals surface area contributed by atoms with Crippen molar-refractivity contribution >= 4 is 5.91 Å². The van der Waals surface area contributed by atoms with Crippen molar-refractivity contribution in [1.82, 2.24) is 0 Å². The second-order valence-corrected chi connectivity index (χ2v) is 2.49. The van der Waals surface area contributed by atoms with Gasteiger partial charge in [-0.15, -0.1) is 0 Å². The maximum atomic E-state index is 10.8. The highest BCUT2D eigenvalue weighted by Crippen LogP contribution is 2.22. The van der Waals surface area contributed by atoms with Crippen molar-refractivity contribution in [3.05, 3.63) is 0 Å². The lowest BCUT2D eigenvalue weighted by Crippen LogP contribution is -2.29. The Morgan fingerprint density at radius 1 is 2.00 bits per heavy atom. The van der Waals surface area contributed by atoms with Crippen molar-refractivity contribution in [3.8, 4) is 0 Å². The lowest BCUT2D eigenvalue weighted by Gasteiger charge is -2.11. The first-order chi connectivity index (χ1) is 5.15. The molecule has 0 aromatic heterocycles. The van der Waals surface area contributed by atoms with Crippen LogP contribution in [0.5, 0.6) is 0 Å². The summed E-state index contributed by atoms with van der Waals surface area (Å²) < 4.78 is 12.4. The predicted molar refractivity (Wildman–Crippen MR) is 37.3 cm³/mol. The molecule has 1 fully saturated rings. The van der Waals surface area contributed by atoms with Crippen LogP contribution in [-0.2, 0) is 9.53 Å². The van der Waals surface area contributed by atoms with Crippen LogP contribution in [0.3, 0.4) is 0 Å². The number of amides is 1. The highest BCUT2D eigenvalue weighted by atomic mass is 16.5. The quantitative estimate of drug-likeness (QED) is 0.607. The van der Waals surface area contributed by atoms with Crippen LogP contribution in [-0.4, -0.2) is 18.6 Å². The number of nitrogens with two attached hydrogens (primary N) is 1. The number of primary amides is 1. The smallest absolute Gasteiger partial charge is 0.223 e. The highest BCUT2D eigenvalue weighted by Gasteiger charge is 2.30. The summed E-state index contributed by atoms with van der Waals surface area (Å²) in [5, 5.41) is 0. The lowest BCUT2D eigenvalue weighted by atomic mass is 9.99. The minimum atomic E-state index is -0.558. The molecule has 3 atom stereocenters. The molecule has 0 spiro atoms. The summed E-state index contributed by atoms with van der Waals surface area (Å²) >= 11 is 0. The van der Waals surface area contributed by atoms with Crippen LogP contribution in [0.4, 0.5) is 0 Å². The molecule has 0 aromatic rings. The van der Waals surface area contributed by atoms with Crippen molar-refractivity contribution in [2.24, 2.45) is 11.7 Å². The minimum Gasteiger partial charge on any atom is -0.377 e. The van der Waals surface area contributed by atoms with Crippen LogP contribution in [0.25, 0.3) is 0 Å². The third-order valence-corrected chi connectivity index (χ3v) is 1.84. The minimum absolute atomic E-state index is 0.130. The van der Waals surface area contributed by atoms with E-state index in [2.05, 4.69) is 0 Å². The normalized spacial score (nSPS) is 41.3. The number of carbonyl (C=O) groups is 1. The molecule has 1 heterocycles. The molecule has 10 heavy (non-hydrogen) atoms. The van der Waals surface area contributed by atoms with Gasteiger partial charge in [-0.25, -0.2) is 0 Å². The van der Waals surface area contributed by atoms with E-state index >= 15 is 0 Å². The lowest BCUT2D eigenvalue weighted by molar-refractivity contribution is -0.123. The van der Waals surface area contributed by atoms with Gasteiger partial charge in [0.25, 0.3) is 0 Å². The maximum absolute atomic E-state index is 10.8. The monoisotopic (exact) mass is 145 g/mol. The van der Waals surface area contributed by atoms with E-state index in [1.54, 1.807) is 0 Å². The van der Waals surface area contributed by atoms with Gasteiger partial charge in [0.1, 0.15) is 0 Å². The molecule has 1 aliphatic heterocycles. The molecular formula is C7H13NO2. The third-order valence-electron chi connectivity index (χ3n) is 1.84. The summed E-state index contributed by atoms with van der Waals surface area (Å²) in [6, 6.07) is 0. The standard InChI is InChI=1S/C7H13NO2/c1-2-6-5(7(8)9)3-4-10-6/h5-6H,2-4H2,1H3,(H2,8,9)/t5?,6-/m1/s1/i4T/t4?,5?,6-. The van der Waals surface area contributed by atoms with E-state index in [4.69, 9.17) is 11.8 Å². The van der Waals surface area contributed by atoms with Gasteiger partial charge < -0.3 is 10.5 Å². The Kier molecular flexibility index (Phi) is 1.86. The van der Waals surface area contributed by atoms with E-state index in [0.29, 0.717) is 6.42 Å². The van der Waals surface area contributed by atoms with Crippen LogP contribution in [0.2, 0.25) is 0 Å². The molecule has 0 saturated carbocycles. The SMILES string of the molecule is [3H]C1CC(C(N)=O)[C@@H](CC)O1. The molecule has 0 bridgehead atoms. The van der Waals surface area contributed by atoms with E-state index < -0.39 is 6.58 Å². The second-order valence-electron chi connectivity index (χ2n) is 2.49. The first-order valence-electron chi connectivity index (χ1n) is 4.10. The fourth-order valence-electron chi connectivity index (χ4n) is 1.21. The molecule has 3 heteroatoms. The molecule has 0 radical (unpaired) electrons. The van der Waals surface area contributed by atoms with Crippen molar-refractivity contribution in [3.63, 3.8) is 0 Å². The fraction of sp³-hybridized carbons (Fsp3) is 0.857. The highest BCUT2D eigenvalue weighted by molar-refractivity contribution is 5.77. The van der Waals surface area contributed by atoms with E-state index in [1.807, 2.05) is 6.92 Å². The van der Waals surface area contributed by atoms with E-state index in [0.717, 1.165) is 6.42 Å². The van der Waals surface area contributed by atoms with Crippen LogP contribution in [0.1, 0.15) is 21.1 Å². The Hall–Kier alpha value is -0.570. The summed E-state index contributed by atoms with van der Waals surface area (Å²) in [7, 11) is 0. The number of rotatable bonds is 2. The Balaban J connectivity index is 2.57. The molecule has 0 aromatic carbocycles. The van der Waals surface area contributed by atoms with E-state index in [1.165, 1.54) is 0 Å². The Labute approximate surface area is 61.9 Å². The first kappa shape index (κ1) is 6.16. The van der Waals surface area contributed by atoms with Gasteiger partial charge in [0.2, 0.25) is 5.91 Å². The molecule has 1 rings (SSSR count). The molecule has 58 valence electrons. The Morgan fingerprint density at radius 3 is 3.10 bits per heavy atom. The third kappa shape index (κ3) is 1.29. The molecule has 1 aliphatic rings. The van der Waals surface area contributed by atoms with Gasteiger partial charge in [0.15, 0.2) is 0 Å². The number of hydrogen-bond acceptors (Lipinski definition) is 2. The molecule has 2 unspecified atom stereocenters. The summed E-state index contributed by atoms with van der Waals surface area (Å²) in [6.07, 6.45) is 1.08. The van der Waals surface area contributed by atoms with Crippen molar-refractivity contribution < 1.29 is 10.9 Å². The zero-order valence-corrected chi connectivity index (χ0v) is 6.04. The molecular weight excluding hydrogens is 130 g/mol. The summed E-state index contributed by atoms with van der Waals surface area (Å²) in [5.74, 6) is -0.589. The Morgan fingerprint density at radius 2 is 2.70 bits per heavy atom. The summed E-state index contributed by atoms with van der Waals surface area (Å²) in [5.41, 5.74) is 5.12. The van der Waals surface area contributed by atoms with Crippen LogP contribution < -0.4 is 5.73 Å². The summed E-state index contributed by atoms with van der Waals surface area (Å²) in [4.78, 5) is 10.8. The molecule has 0 aliphatic carbocycles. The molecule has 3 nitrogen and oxygen atoms in total. The fourth-order valence-corrected chi connectivity index (χ4v) is 1.21. The van der Waals surface area contributed by atoms with E-state index in [9.17, 15) is 4.79 Å². The largest absolute Gasteiger partial charge is 0.377 e. The zero-order valence-electron chi connectivity index (χ0n) is 7.04. The van der Waals surface area contributed by atoms with Gasteiger partial charge in [0, 0.05) is 6.58 Å². The van der Waals surface area contributed by atoms with Gasteiger partial charge in [0.05, 0.1) is 13.4 Å². The maximum Gasteiger partial charge on any atom is 0.223 e. The van der Waals surface area contributed by atoms with Gasteiger partial charge >= 0.3 is 0 Å². The van der Waals surface area contributed by atoms with Crippen molar-refractivity contribution in [1.29, 1.82) is 0 Å². The van der Waals surface area contributed by atoms with Crippen LogP contribution in [0, 0.1) is 5.92 Å². The number of carbonyl (C=O) groups excluding carboxylic acids is 1. The number of hydrogen-bond donors (Lipinski definition) is 1. The zero-order chi connectivity index (χ0) is 8.43. The first-order valence-corrected chi connectivity index (χ1v) is 3.52. The summed E-state index contributed by atoms with van der Waals surface area (Å²) in [6.45, 7) is 1.37. The van der Waals surface area contributed by atoms with Gasteiger partial charge in [-0.1, -0.05) is 6.92 Å². The van der Waals surface area contributed by atoms with Crippen LogP contribution in [0.15, 0.2) is 0 Å². The molecule has 2 N–H and O–H groups in total. The topological polar surface area (TPSA) is 52.3 Å². The van der Waals surface area contributed by atoms with Gasteiger partial charge in [-0.2, -0.15) is 0 Å². The predicted octanol–water partition coefficient (Wildman–Crippen LogP) is 0.287. The van der Waals surface area contributed by atoms with Gasteiger partial charge in [-0.05, 0) is 12.8 Å². The van der Waals surface area contributed by atoms with Crippen LogP contribution >= 0.6 is 0 Å². The average molecular weight is 145 g/mol. The molecule has 1 saturated heterocycles. The Bertz CT molecular complexity index is 163. The average Bonchev–Trinajstić information content (AvgIpc) is 2.30. The second kappa shape index (κ2) is 3.01. The van der Waals surface area contributed by atoms with E-state index in [-0.39, 0.29) is 17.9 Å². The number of ether oxygens (including phenoxy) is 1. The molecule has 1 amide bonds. The van der Waals surface area contributed by atoms with Crippen molar-refractivity contribution in [2.45, 2.75) is 25.9 Å². The van der Waals surface area contributed by atoms with Gasteiger partial charge in [-0.3, -0.25) is 4.79 Å². The van der Waals surface area contributed by atoms with Crippen molar-refractivity contribution in [2.75, 3.05) is 6.58 Å².